The first-order valence-corrected chi connectivity index (χ1v) is 8.50. The van der Waals surface area contributed by atoms with Crippen molar-refractivity contribution in [2.24, 2.45) is 10.7 Å². The van der Waals surface area contributed by atoms with Gasteiger partial charge in [0.05, 0.1) is 6.04 Å². The van der Waals surface area contributed by atoms with Crippen LogP contribution in [0.15, 0.2) is 23.2 Å². The van der Waals surface area contributed by atoms with Crippen LogP contribution in [0.25, 0.3) is 0 Å². The molecule has 0 bridgehead atoms. The van der Waals surface area contributed by atoms with Crippen molar-refractivity contribution in [3.05, 3.63) is 29.3 Å². The van der Waals surface area contributed by atoms with Gasteiger partial charge in [-0.3, -0.25) is 0 Å². The van der Waals surface area contributed by atoms with Crippen molar-refractivity contribution in [3.63, 3.8) is 0 Å². The molecule has 0 spiro atoms. The number of aliphatic imine (C=N–C) groups is 1. The van der Waals surface area contributed by atoms with E-state index < -0.39 is 5.60 Å². The molecule has 1 aliphatic carbocycles. The molecule has 24 heavy (non-hydrogen) atoms. The number of nitrogens with one attached hydrogen (secondary N) is 1. The van der Waals surface area contributed by atoms with Crippen LogP contribution in [0.2, 0.25) is 0 Å². The normalized spacial score (nSPS) is 18.1. The first-order valence-electron chi connectivity index (χ1n) is 8.50. The SMILES string of the molecule is CC(C)(C)OC(=O)N1CC(N=C(N)Nc2ccc3c(c2)CCC3)C1. The molecule has 1 aromatic carbocycles. The van der Waals surface area contributed by atoms with Crippen LogP contribution in [-0.2, 0) is 17.6 Å². The van der Waals surface area contributed by atoms with Crippen LogP contribution in [0.1, 0.15) is 38.3 Å². The number of aryl methyl sites for hydroxylation is 2. The monoisotopic (exact) mass is 330 g/mol. The van der Waals surface area contributed by atoms with Crippen molar-refractivity contribution in [2.75, 3.05) is 18.4 Å². The second-order valence-corrected chi connectivity index (χ2v) is 7.52. The number of hydrogen-bond donors (Lipinski definition) is 2. The van der Waals surface area contributed by atoms with E-state index >= 15 is 0 Å². The molecule has 1 aromatic rings. The van der Waals surface area contributed by atoms with E-state index in [1.165, 1.54) is 24.0 Å². The summed E-state index contributed by atoms with van der Waals surface area (Å²) in [4.78, 5) is 18.0. The third kappa shape index (κ3) is 3.99. The van der Waals surface area contributed by atoms with Crippen LogP contribution in [0.5, 0.6) is 0 Å². The van der Waals surface area contributed by atoms with Gasteiger partial charge >= 0.3 is 6.09 Å². The summed E-state index contributed by atoms with van der Waals surface area (Å²) in [5.41, 5.74) is 9.32. The Balaban J connectivity index is 1.50. The summed E-state index contributed by atoms with van der Waals surface area (Å²) in [6.45, 7) is 6.67. The third-order valence-corrected chi connectivity index (χ3v) is 4.21. The molecular formula is C18H26N4O2. The molecule has 1 saturated heterocycles. The smallest absolute Gasteiger partial charge is 0.410 e. The number of nitrogens with two attached hydrogens (primary N) is 1. The maximum Gasteiger partial charge on any atom is 0.410 e. The predicted molar refractivity (Wildman–Crippen MR) is 95.3 cm³/mol. The molecule has 1 heterocycles. The summed E-state index contributed by atoms with van der Waals surface area (Å²) in [6, 6.07) is 6.38. The number of carbonyl (C=O) groups is 1. The number of benzene rings is 1. The first kappa shape index (κ1) is 16.6. The van der Waals surface area contributed by atoms with E-state index in [0.29, 0.717) is 19.0 Å². The zero-order valence-electron chi connectivity index (χ0n) is 14.6. The van der Waals surface area contributed by atoms with Crippen LogP contribution in [0.3, 0.4) is 0 Å². The molecule has 0 unspecified atom stereocenters. The van der Waals surface area contributed by atoms with Gasteiger partial charge in [-0.25, -0.2) is 9.79 Å². The van der Waals surface area contributed by atoms with E-state index in [4.69, 9.17) is 10.5 Å². The van der Waals surface area contributed by atoms with Crippen LogP contribution >= 0.6 is 0 Å². The molecule has 0 atom stereocenters. The number of amides is 1. The van der Waals surface area contributed by atoms with Crippen LogP contribution < -0.4 is 11.1 Å². The lowest BCUT2D eigenvalue weighted by molar-refractivity contribution is 0.00905. The summed E-state index contributed by atoms with van der Waals surface area (Å²) >= 11 is 0. The van der Waals surface area contributed by atoms with Crippen molar-refractivity contribution in [1.29, 1.82) is 0 Å². The lowest BCUT2D eigenvalue weighted by Crippen LogP contribution is -2.54. The minimum atomic E-state index is -0.473. The lowest BCUT2D eigenvalue weighted by atomic mass is 10.1. The van der Waals surface area contributed by atoms with E-state index in [1.807, 2.05) is 26.8 Å². The Labute approximate surface area is 143 Å². The predicted octanol–water partition coefficient (Wildman–Crippen LogP) is 2.52. The highest BCUT2D eigenvalue weighted by atomic mass is 16.6. The Morgan fingerprint density at radius 2 is 2.00 bits per heavy atom. The number of rotatable bonds is 2. The van der Waals surface area contributed by atoms with Gasteiger partial charge in [0.1, 0.15) is 5.60 Å². The average molecular weight is 330 g/mol. The van der Waals surface area contributed by atoms with E-state index in [2.05, 4.69) is 22.4 Å². The second kappa shape index (κ2) is 6.34. The average Bonchev–Trinajstić information content (AvgIpc) is 2.87. The minimum absolute atomic E-state index is 0.0273. The second-order valence-electron chi connectivity index (χ2n) is 7.52. The Kier molecular flexibility index (Phi) is 4.39. The number of hydrogen-bond acceptors (Lipinski definition) is 3. The molecule has 6 nitrogen and oxygen atoms in total. The zero-order chi connectivity index (χ0) is 17.3. The van der Waals surface area contributed by atoms with Gasteiger partial charge in [0.2, 0.25) is 0 Å². The highest BCUT2D eigenvalue weighted by molar-refractivity contribution is 5.92. The maximum absolute atomic E-state index is 11.9. The molecule has 0 radical (unpaired) electrons. The Morgan fingerprint density at radius 3 is 2.71 bits per heavy atom. The van der Waals surface area contributed by atoms with Crippen molar-refractivity contribution < 1.29 is 9.53 Å². The molecule has 130 valence electrons. The van der Waals surface area contributed by atoms with Gasteiger partial charge in [-0.2, -0.15) is 0 Å². The fourth-order valence-corrected chi connectivity index (χ4v) is 3.04. The van der Waals surface area contributed by atoms with E-state index in [9.17, 15) is 4.79 Å². The number of anilines is 1. The largest absolute Gasteiger partial charge is 0.444 e. The molecule has 0 saturated carbocycles. The van der Waals surface area contributed by atoms with E-state index in [-0.39, 0.29) is 12.1 Å². The van der Waals surface area contributed by atoms with Crippen molar-refractivity contribution >= 4 is 17.7 Å². The van der Waals surface area contributed by atoms with Crippen molar-refractivity contribution in [1.82, 2.24) is 4.90 Å². The number of ether oxygens (including phenoxy) is 1. The standard InChI is InChI=1S/C18H26N4O2/c1-18(2,3)24-17(23)22-10-15(11-22)21-16(19)20-14-8-7-12-5-4-6-13(12)9-14/h7-9,15H,4-6,10-11H2,1-3H3,(H3,19,20,21). The summed E-state index contributed by atoms with van der Waals surface area (Å²) in [6.07, 6.45) is 3.24. The topological polar surface area (TPSA) is 80.0 Å². The summed E-state index contributed by atoms with van der Waals surface area (Å²) < 4.78 is 5.32. The molecular weight excluding hydrogens is 304 g/mol. The number of likely N-dealkylation sites (tertiary alicyclic amines) is 1. The number of guanidine groups is 1. The first-order chi connectivity index (χ1) is 11.3. The maximum atomic E-state index is 11.9. The molecule has 3 N–H and O–H groups in total. The van der Waals surface area contributed by atoms with Gasteiger partial charge in [-0.05, 0) is 63.3 Å². The Bertz CT molecular complexity index is 657. The van der Waals surface area contributed by atoms with Gasteiger partial charge in [0.25, 0.3) is 0 Å². The Hall–Kier alpha value is -2.24. The van der Waals surface area contributed by atoms with Crippen LogP contribution in [0.4, 0.5) is 10.5 Å². The quantitative estimate of drug-likeness (QED) is 0.645. The number of carbonyl (C=O) groups excluding carboxylic acids is 1. The summed E-state index contributed by atoms with van der Waals surface area (Å²) in [5, 5.41) is 3.15. The number of nitrogens with zero attached hydrogens (tertiary/aromatic N) is 2. The van der Waals surface area contributed by atoms with Gasteiger partial charge in [0.15, 0.2) is 5.96 Å². The van der Waals surface area contributed by atoms with E-state index in [0.717, 1.165) is 12.1 Å². The molecule has 1 fully saturated rings. The summed E-state index contributed by atoms with van der Waals surface area (Å²) in [7, 11) is 0. The molecule has 3 rings (SSSR count). The van der Waals surface area contributed by atoms with Gasteiger partial charge < -0.3 is 20.7 Å². The minimum Gasteiger partial charge on any atom is -0.444 e. The van der Waals surface area contributed by atoms with Gasteiger partial charge in [-0.1, -0.05) is 6.07 Å². The van der Waals surface area contributed by atoms with Crippen LogP contribution in [-0.4, -0.2) is 41.7 Å². The fourth-order valence-electron chi connectivity index (χ4n) is 3.04. The number of fused-ring (bicyclic) bond motifs is 1. The van der Waals surface area contributed by atoms with Gasteiger partial charge in [-0.15, -0.1) is 0 Å². The van der Waals surface area contributed by atoms with E-state index in [1.54, 1.807) is 4.90 Å². The van der Waals surface area contributed by atoms with Crippen molar-refractivity contribution in [2.45, 2.75) is 51.7 Å². The third-order valence-electron chi connectivity index (χ3n) is 4.21. The van der Waals surface area contributed by atoms with Crippen LogP contribution in [0, 0.1) is 0 Å². The molecule has 1 amide bonds. The molecule has 0 aromatic heterocycles. The van der Waals surface area contributed by atoms with Crippen molar-refractivity contribution in [3.8, 4) is 0 Å². The highest BCUT2D eigenvalue weighted by Gasteiger charge is 2.33. The molecule has 2 aliphatic rings. The molecule has 6 heteroatoms. The molecule has 1 aliphatic heterocycles. The zero-order valence-corrected chi connectivity index (χ0v) is 14.6. The Morgan fingerprint density at radius 1 is 1.29 bits per heavy atom. The lowest BCUT2D eigenvalue weighted by Gasteiger charge is -2.37. The fraction of sp³-hybridized carbons (Fsp3) is 0.556. The summed E-state index contributed by atoms with van der Waals surface area (Å²) in [5.74, 6) is 0.391. The van der Waals surface area contributed by atoms with Gasteiger partial charge in [0, 0.05) is 18.8 Å². The highest BCUT2D eigenvalue weighted by Crippen LogP contribution is 2.25.